The summed E-state index contributed by atoms with van der Waals surface area (Å²) in [5.41, 5.74) is 0. The van der Waals surface area contributed by atoms with E-state index in [9.17, 15) is 4.79 Å². The van der Waals surface area contributed by atoms with Crippen molar-refractivity contribution in [2.24, 2.45) is 0 Å². The monoisotopic (exact) mass is 201 g/mol. The van der Waals surface area contributed by atoms with Crippen LogP contribution in [0.5, 0.6) is 0 Å². The van der Waals surface area contributed by atoms with Gasteiger partial charge in [0.1, 0.15) is 0 Å². The third-order valence-corrected chi connectivity index (χ3v) is 2.65. The molecule has 0 amide bonds. The van der Waals surface area contributed by atoms with E-state index in [0.29, 0.717) is 0 Å². The Hall–Kier alpha value is -0.610. The molecule has 4 heteroatoms. The minimum absolute atomic E-state index is 0.175. The Kier molecular flexibility index (Phi) is 4.90. The summed E-state index contributed by atoms with van der Waals surface area (Å²) in [6, 6.07) is 0.175. The minimum atomic E-state index is -0.706. The first kappa shape index (κ1) is 11.5. The average molecular weight is 201 g/mol. The summed E-state index contributed by atoms with van der Waals surface area (Å²) in [6.45, 7) is 5.41. The van der Waals surface area contributed by atoms with Crippen LogP contribution in [0, 0.1) is 0 Å². The molecule has 1 N–H and O–H groups in total. The molecule has 0 aliphatic carbocycles. The summed E-state index contributed by atoms with van der Waals surface area (Å²) in [5.74, 6) is -0.706. The quantitative estimate of drug-likeness (QED) is 0.736. The molecular weight excluding hydrogens is 182 g/mol. The number of carboxylic acid groups (broad SMARTS) is 1. The number of carboxylic acids is 1. The van der Waals surface area contributed by atoms with Crippen LogP contribution in [0.1, 0.15) is 26.2 Å². The van der Waals surface area contributed by atoms with Gasteiger partial charge in [0.2, 0.25) is 0 Å². The second-order valence-electron chi connectivity index (χ2n) is 3.66. The Labute approximate surface area is 84.8 Å². The van der Waals surface area contributed by atoms with Crippen molar-refractivity contribution in [2.75, 3.05) is 26.3 Å². The third-order valence-electron chi connectivity index (χ3n) is 2.65. The van der Waals surface area contributed by atoms with Crippen molar-refractivity contribution in [2.45, 2.75) is 32.2 Å². The van der Waals surface area contributed by atoms with Gasteiger partial charge in [0.15, 0.2) is 0 Å². The van der Waals surface area contributed by atoms with Gasteiger partial charge >= 0.3 is 5.97 Å². The van der Waals surface area contributed by atoms with Gasteiger partial charge in [-0.2, -0.15) is 0 Å². The molecule has 4 nitrogen and oxygen atoms in total. The lowest BCUT2D eigenvalue weighted by Crippen LogP contribution is -2.38. The molecule has 0 spiro atoms. The second kappa shape index (κ2) is 5.98. The van der Waals surface area contributed by atoms with Crippen LogP contribution < -0.4 is 0 Å². The SMILES string of the molecule is CCC(CC(=O)O)N1CCCOCC1. The highest BCUT2D eigenvalue weighted by molar-refractivity contribution is 5.67. The summed E-state index contributed by atoms with van der Waals surface area (Å²) < 4.78 is 5.34. The molecule has 0 aromatic carbocycles. The molecule has 0 saturated carbocycles. The number of aliphatic carboxylic acids is 1. The van der Waals surface area contributed by atoms with E-state index in [0.717, 1.165) is 39.1 Å². The number of hydrogen-bond acceptors (Lipinski definition) is 3. The average Bonchev–Trinajstić information content (AvgIpc) is 2.41. The first-order valence-electron chi connectivity index (χ1n) is 5.27. The van der Waals surface area contributed by atoms with Crippen molar-refractivity contribution in [1.82, 2.24) is 4.90 Å². The summed E-state index contributed by atoms with van der Waals surface area (Å²) in [7, 11) is 0. The van der Waals surface area contributed by atoms with Crippen molar-refractivity contribution in [1.29, 1.82) is 0 Å². The number of ether oxygens (including phenoxy) is 1. The highest BCUT2D eigenvalue weighted by Crippen LogP contribution is 2.11. The fourth-order valence-corrected chi connectivity index (χ4v) is 1.86. The maximum absolute atomic E-state index is 10.6. The molecule has 1 fully saturated rings. The first-order valence-corrected chi connectivity index (χ1v) is 5.27. The molecule has 1 atom stereocenters. The number of carbonyl (C=O) groups is 1. The zero-order valence-electron chi connectivity index (χ0n) is 8.74. The van der Waals surface area contributed by atoms with E-state index in [1.54, 1.807) is 0 Å². The Balaban J connectivity index is 2.44. The van der Waals surface area contributed by atoms with Crippen molar-refractivity contribution in [3.8, 4) is 0 Å². The fraction of sp³-hybridized carbons (Fsp3) is 0.900. The number of hydrogen-bond donors (Lipinski definition) is 1. The van der Waals surface area contributed by atoms with Crippen molar-refractivity contribution in [3.05, 3.63) is 0 Å². The maximum atomic E-state index is 10.6. The van der Waals surface area contributed by atoms with Crippen LogP contribution >= 0.6 is 0 Å². The normalized spacial score (nSPS) is 21.5. The Morgan fingerprint density at radius 2 is 2.29 bits per heavy atom. The molecule has 82 valence electrons. The van der Waals surface area contributed by atoms with Crippen LogP contribution in [0.2, 0.25) is 0 Å². The molecule has 1 rings (SSSR count). The van der Waals surface area contributed by atoms with E-state index in [2.05, 4.69) is 4.90 Å². The highest BCUT2D eigenvalue weighted by atomic mass is 16.5. The predicted molar refractivity (Wildman–Crippen MR) is 53.3 cm³/mol. The van der Waals surface area contributed by atoms with Gasteiger partial charge in [0.05, 0.1) is 13.0 Å². The van der Waals surface area contributed by atoms with Gasteiger partial charge in [-0.15, -0.1) is 0 Å². The Bertz CT molecular complexity index is 176. The van der Waals surface area contributed by atoms with Gasteiger partial charge in [-0.25, -0.2) is 0 Å². The molecule has 1 saturated heterocycles. The van der Waals surface area contributed by atoms with Gasteiger partial charge in [0, 0.05) is 25.7 Å². The van der Waals surface area contributed by atoms with Gasteiger partial charge in [-0.1, -0.05) is 6.92 Å². The van der Waals surface area contributed by atoms with Crippen molar-refractivity contribution in [3.63, 3.8) is 0 Å². The van der Waals surface area contributed by atoms with Crippen LogP contribution in [0.15, 0.2) is 0 Å². The standard InChI is InChI=1S/C10H19NO3/c1-2-9(8-10(12)13)11-4-3-6-14-7-5-11/h9H,2-8H2,1H3,(H,12,13). The maximum Gasteiger partial charge on any atom is 0.304 e. The van der Waals surface area contributed by atoms with E-state index < -0.39 is 5.97 Å². The summed E-state index contributed by atoms with van der Waals surface area (Å²) in [5, 5.41) is 8.76. The van der Waals surface area contributed by atoms with Crippen LogP contribution in [0.25, 0.3) is 0 Å². The van der Waals surface area contributed by atoms with E-state index in [1.165, 1.54) is 0 Å². The molecule has 0 aromatic rings. The third kappa shape index (κ3) is 3.64. The molecule has 0 radical (unpaired) electrons. The molecule has 14 heavy (non-hydrogen) atoms. The lowest BCUT2D eigenvalue weighted by molar-refractivity contribution is -0.138. The minimum Gasteiger partial charge on any atom is -0.481 e. The fourth-order valence-electron chi connectivity index (χ4n) is 1.86. The number of nitrogens with zero attached hydrogens (tertiary/aromatic N) is 1. The Morgan fingerprint density at radius 1 is 1.50 bits per heavy atom. The van der Waals surface area contributed by atoms with E-state index in [1.807, 2.05) is 6.92 Å². The van der Waals surface area contributed by atoms with Gasteiger partial charge in [-0.3, -0.25) is 9.69 Å². The first-order chi connectivity index (χ1) is 6.74. The predicted octanol–water partition coefficient (Wildman–Crippen LogP) is 0.962. The van der Waals surface area contributed by atoms with E-state index in [4.69, 9.17) is 9.84 Å². The summed E-state index contributed by atoms with van der Waals surface area (Å²) >= 11 is 0. The van der Waals surface area contributed by atoms with Gasteiger partial charge in [-0.05, 0) is 12.8 Å². The van der Waals surface area contributed by atoms with Gasteiger partial charge in [0.25, 0.3) is 0 Å². The number of rotatable bonds is 4. The largest absolute Gasteiger partial charge is 0.481 e. The van der Waals surface area contributed by atoms with Gasteiger partial charge < -0.3 is 9.84 Å². The molecular formula is C10H19NO3. The van der Waals surface area contributed by atoms with Crippen LogP contribution in [0.3, 0.4) is 0 Å². The molecule has 1 aliphatic rings. The lowest BCUT2D eigenvalue weighted by atomic mass is 10.1. The van der Waals surface area contributed by atoms with Crippen LogP contribution in [-0.4, -0.2) is 48.3 Å². The Morgan fingerprint density at radius 3 is 2.93 bits per heavy atom. The second-order valence-corrected chi connectivity index (χ2v) is 3.66. The summed E-state index contributed by atoms with van der Waals surface area (Å²) in [6.07, 6.45) is 2.15. The molecule has 1 heterocycles. The zero-order chi connectivity index (χ0) is 10.4. The van der Waals surface area contributed by atoms with Crippen LogP contribution in [0.4, 0.5) is 0 Å². The van der Waals surface area contributed by atoms with Crippen molar-refractivity contribution >= 4 is 5.97 Å². The summed E-state index contributed by atoms with van der Waals surface area (Å²) in [4.78, 5) is 12.9. The molecule has 1 unspecified atom stereocenters. The van der Waals surface area contributed by atoms with Crippen molar-refractivity contribution < 1.29 is 14.6 Å². The zero-order valence-corrected chi connectivity index (χ0v) is 8.74. The topological polar surface area (TPSA) is 49.8 Å². The molecule has 0 bridgehead atoms. The smallest absolute Gasteiger partial charge is 0.304 e. The van der Waals surface area contributed by atoms with E-state index >= 15 is 0 Å². The van der Waals surface area contributed by atoms with Crippen LogP contribution in [-0.2, 0) is 9.53 Å². The molecule has 1 aliphatic heterocycles. The lowest BCUT2D eigenvalue weighted by Gasteiger charge is -2.27. The van der Waals surface area contributed by atoms with E-state index in [-0.39, 0.29) is 12.5 Å². The highest BCUT2D eigenvalue weighted by Gasteiger charge is 2.20. The molecule has 0 aromatic heterocycles.